The molecule has 0 aliphatic heterocycles. The van der Waals surface area contributed by atoms with Gasteiger partial charge in [0.2, 0.25) is 0 Å². The maximum atomic E-state index is 13.2. The van der Waals surface area contributed by atoms with Crippen molar-refractivity contribution in [2.45, 2.75) is 12.3 Å². The second kappa shape index (κ2) is 5.05. The first-order chi connectivity index (χ1) is 8.22. The summed E-state index contributed by atoms with van der Waals surface area (Å²) in [5.74, 6) is 0.552. The Morgan fingerprint density at radius 2 is 2.29 bits per heavy atom. The first kappa shape index (κ1) is 11.7. The third-order valence-electron chi connectivity index (χ3n) is 2.76. The standard InChI is InChI=1S/C12H15FN4/c1-17-12(15-8-16-17)11(5-6-14)9-3-2-4-10(13)7-9/h2-4,7-8,11H,5-6,14H2,1H3. The number of hydrogen-bond donors (Lipinski definition) is 1. The smallest absolute Gasteiger partial charge is 0.138 e. The molecule has 0 aliphatic rings. The lowest BCUT2D eigenvalue weighted by atomic mass is 9.95. The highest BCUT2D eigenvalue weighted by Gasteiger charge is 2.18. The molecular weight excluding hydrogens is 219 g/mol. The fourth-order valence-electron chi connectivity index (χ4n) is 1.96. The van der Waals surface area contributed by atoms with Crippen molar-refractivity contribution in [3.63, 3.8) is 0 Å². The second-order valence-electron chi connectivity index (χ2n) is 3.93. The van der Waals surface area contributed by atoms with Crippen molar-refractivity contribution in [1.29, 1.82) is 0 Å². The average molecular weight is 234 g/mol. The summed E-state index contributed by atoms with van der Waals surface area (Å²) in [7, 11) is 1.82. The van der Waals surface area contributed by atoms with Crippen molar-refractivity contribution in [1.82, 2.24) is 14.8 Å². The quantitative estimate of drug-likeness (QED) is 0.870. The molecule has 1 atom stereocenters. The van der Waals surface area contributed by atoms with Crippen LogP contribution < -0.4 is 5.73 Å². The van der Waals surface area contributed by atoms with Gasteiger partial charge in [-0.15, -0.1) is 0 Å². The number of halogens is 1. The van der Waals surface area contributed by atoms with E-state index in [0.29, 0.717) is 6.54 Å². The Kier molecular flexibility index (Phi) is 3.49. The minimum atomic E-state index is -0.244. The van der Waals surface area contributed by atoms with Gasteiger partial charge in [-0.3, -0.25) is 4.68 Å². The number of benzene rings is 1. The van der Waals surface area contributed by atoms with Crippen LogP contribution in [0.15, 0.2) is 30.6 Å². The maximum Gasteiger partial charge on any atom is 0.138 e. The second-order valence-corrected chi connectivity index (χ2v) is 3.93. The van der Waals surface area contributed by atoms with E-state index >= 15 is 0 Å². The molecule has 90 valence electrons. The minimum Gasteiger partial charge on any atom is -0.330 e. The van der Waals surface area contributed by atoms with Crippen LogP contribution in [0.1, 0.15) is 23.7 Å². The van der Waals surface area contributed by atoms with Crippen molar-refractivity contribution < 1.29 is 4.39 Å². The van der Waals surface area contributed by atoms with E-state index in [1.54, 1.807) is 10.7 Å². The van der Waals surface area contributed by atoms with Gasteiger partial charge in [0.1, 0.15) is 18.0 Å². The molecule has 2 aromatic rings. The van der Waals surface area contributed by atoms with Crippen molar-refractivity contribution in [2.24, 2.45) is 12.8 Å². The first-order valence-corrected chi connectivity index (χ1v) is 5.52. The zero-order valence-electron chi connectivity index (χ0n) is 9.68. The summed E-state index contributed by atoms with van der Waals surface area (Å²) < 4.78 is 14.9. The summed E-state index contributed by atoms with van der Waals surface area (Å²) in [5, 5.41) is 4.04. The van der Waals surface area contributed by atoms with E-state index in [-0.39, 0.29) is 11.7 Å². The Morgan fingerprint density at radius 1 is 1.47 bits per heavy atom. The SMILES string of the molecule is Cn1ncnc1C(CCN)c1cccc(F)c1. The number of aryl methyl sites for hydroxylation is 1. The molecule has 0 spiro atoms. The molecule has 1 heterocycles. The fraction of sp³-hybridized carbons (Fsp3) is 0.333. The summed E-state index contributed by atoms with van der Waals surface area (Å²) in [4.78, 5) is 4.21. The highest BCUT2D eigenvalue weighted by Crippen LogP contribution is 2.25. The number of aromatic nitrogens is 3. The van der Waals surface area contributed by atoms with Crippen LogP contribution in [0.3, 0.4) is 0 Å². The van der Waals surface area contributed by atoms with Crippen LogP contribution in [0.2, 0.25) is 0 Å². The largest absolute Gasteiger partial charge is 0.330 e. The van der Waals surface area contributed by atoms with Gasteiger partial charge < -0.3 is 5.73 Å². The molecule has 0 amide bonds. The Balaban J connectivity index is 2.39. The van der Waals surface area contributed by atoms with Crippen molar-refractivity contribution in [2.75, 3.05) is 6.54 Å². The van der Waals surface area contributed by atoms with E-state index in [0.717, 1.165) is 17.8 Å². The molecule has 0 saturated carbocycles. The minimum absolute atomic E-state index is 0.0109. The molecule has 2 rings (SSSR count). The lowest BCUT2D eigenvalue weighted by Crippen LogP contribution is -2.13. The van der Waals surface area contributed by atoms with Gasteiger partial charge in [-0.1, -0.05) is 12.1 Å². The lowest BCUT2D eigenvalue weighted by Gasteiger charge is -2.15. The Bertz CT molecular complexity index is 495. The molecule has 1 aromatic heterocycles. The van der Waals surface area contributed by atoms with Crippen LogP contribution in [-0.4, -0.2) is 21.3 Å². The van der Waals surface area contributed by atoms with Crippen LogP contribution in [0.25, 0.3) is 0 Å². The number of rotatable bonds is 4. The predicted molar refractivity (Wildman–Crippen MR) is 62.9 cm³/mol. The van der Waals surface area contributed by atoms with Crippen molar-refractivity contribution in [3.05, 3.63) is 47.8 Å². The van der Waals surface area contributed by atoms with Crippen LogP contribution >= 0.6 is 0 Å². The molecular formula is C12H15FN4. The van der Waals surface area contributed by atoms with E-state index in [1.165, 1.54) is 18.5 Å². The topological polar surface area (TPSA) is 56.7 Å². The molecule has 17 heavy (non-hydrogen) atoms. The highest BCUT2D eigenvalue weighted by atomic mass is 19.1. The molecule has 0 saturated heterocycles. The number of hydrogen-bond acceptors (Lipinski definition) is 3. The van der Waals surface area contributed by atoms with E-state index in [4.69, 9.17) is 5.73 Å². The fourth-order valence-corrected chi connectivity index (χ4v) is 1.96. The van der Waals surface area contributed by atoms with Gasteiger partial charge >= 0.3 is 0 Å². The van der Waals surface area contributed by atoms with Gasteiger partial charge in [0, 0.05) is 13.0 Å². The van der Waals surface area contributed by atoms with Gasteiger partial charge in [-0.2, -0.15) is 5.10 Å². The summed E-state index contributed by atoms with van der Waals surface area (Å²) in [6.07, 6.45) is 2.22. The molecule has 4 nitrogen and oxygen atoms in total. The summed E-state index contributed by atoms with van der Waals surface area (Å²) in [6, 6.07) is 6.54. The van der Waals surface area contributed by atoms with Gasteiger partial charge in [-0.25, -0.2) is 9.37 Å². The van der Waals surface area contributed by atoms with Crippen LogP contribution in [0, 0.1) is 5.82 Å². The molecule has 1 aromatic carbocycles. The van der Waals surface area contributed by atoms with E-state index in [2.05, 4.69) is 10.1 Å². The summed E-state index contributed by atoms with van der Waals surface area (Å²) in [6.45, 7) is 0.522. The van der Waals surface area contributed by atoms with E-state index in [1.807, 2.05) is 13.1 Å². The molecule has 0 fully saturated rings. The van der Waals surface area contributed by atoms with Gasteiger partial charge in [0.05, 0.1) is 0 Å². The zero-order chi connectivity index (χ0) is 12.3. The first-order valence-electron chi connectivity index (χ1n) is 5.52. The van der Waals surface area contributed by atoms with E-state index in [9.17, 15) is 4.39 Å². The van der Waals surface area contributed by atoms with Crippen LogP contribution in [0.5, 0.6) is 0 Å². The number of nitrogens with two attached hydrogens (primary N) is 1. The third kappa shape index (κ3) is 2.50. The predicted octanol–water partition coefficient (Wildman–Crippen LogP) is 1.43. The Labute approximate surface area is 99.3 Å². The maximum absolute atomic E-state index is 13.2. The molecule has 0 aliphatic carbocycles. The summed E-state index contributed by atoms with van der Waals surface area (Å²) in [5.41, 5.74) is 6.49. The normalized spacial score (nSPS) is 12.6. The Morgan fingerprint density at radius 3 is 2.88 bits per heavy atom. The van der Waals surface area contributed by atoms with Crippen LogP contribution in [0.4, 0.5) is 4.39 Å². The third-order valence-corrected chi connectivity index (χ3v) is 2.76. The highest BCUT2D eigenvalue weighted by molar-refractivity contribution is 5.26. The molecule has 2 N–H and O–H groups in total. The molecule has 5 heteroatoms. The molecule has 0 radical (unpaired) electrons. The van der Waals surface area contributed by atoms with Gasteiger partial charge in [-0.05, 0) is 30.7 Å². The monoisotopic (exact) mass is 234 g/mol. The van der Waals surface area contributed by atoms with Gasteiger partial charge in [0.25, 0.3) is 0 Å². The molecule has 1 unspecified atom stereocenters. The van der Waals surface area contributed by atoms with E-state index < -0.39 is 0 Å². The van der Waals surface area contributed by atoms with Gasteiger partial charge in [0.15, 0.2) is 0 Å². The zero-order valence-corrected chi connectivity index (χ0v) is 9.68. The van der Waals surface area contributed by atoms with Crippen molar-refractivity contribution >= 4 is 0 Å². The molecule has 0 bridgehead atoms. The van der Waals surface area contributed by atoms with Crippen LogP contribution in [-0.2, 0) is 7.05 Å². The van der Waals surface area contributed by atoms with Crippen molar-refractivity contribution in [3.8, 4) is 0 Å². The Hall–Kier alpha value is -1.75. The summed E-state index contributed by atoms with van der Waals surface area (Å²) >= 11 is 0. The average Bonchev–Trinajstić information content (AvgIpc) is 2.72. The lowest BCUT2D eigenvalue weighted by molar-refractivity contribution is 0.599. The number of nitrogens with zero attached hydrogens (tertiary/aromatic N) is 3.